The average molecular weight is 270 g/mol. The van der Waals surface area contributed by atoms with Crippen LogP contribution in [0.4, 0.5) is 9.18 Å². The standard InChI is InChI=1S/C11H15FN4O3/c1-2-14-10(17)9-3-4-16(15-9)6-8(5-12)7-19-11(13)18/h3-5H,2,6-7H2,1H3,(H2,13,18)(H,14,17)/b8-5+. The second kappa shape index (κ2) is 7.14. The van der Waals surface area contributed by atoms with E-state index in [1.807, 2.05) is 0 Å². The number of rotatable bonds is 6. The first-order valence-electron chi connectivity index (χ1n) is 5.58. The van der Waals surface area contributed by atoms with Gasteiger partial charge >= 0.3 is 6.09 Å². The zero-order valence-electron chi connectivity index (χ0n) is 10.4. The normalized spacial score (nSPS) is 11.2. The predicted octanol–water partition coefficient (Wildman–Crippen LogP) is 0.582. The maximum absolute atomic E-state index is 12.6. The molecule has 0 spiro atoms. The van der Waals surface area contributed by atoms with E-state index in [-0.39, 0.29) is 30.3 Å². The number of amides is 2. The van der Waals surface area contributed by atoms with Crippen molar-refractivity contribution in [3.05, 3.63) is 29.9 Å². The van der Waals surface area contributed by atoms with Crippen LogP contribution in [0.25, 0.3) is 0 Å². The van der Waals surface area contributed by atoms with E-state index in [0.717, 1.165) is 0 Å². The molecule has 0 bridgehead atoms. The van der Waals surface area contributed by atoms with Crippen LogP contribution in [0.15, 0.2) is 24.2 Å². The van der Waals surface area contributed by atoms with E-state index in [9.17, 15) is 14.0 Å². The van der Waals surface area contributed by atoms with Crippen molar-refractivity contribution < 1.29 is 18.7 Å². The van der Waals surface area contributed by atoms with Crippen molar-refractivity contribution in [1.82, 2.24) is 15.1 Å². The van der Waals surface area contributed by atoms with Gasteiger partial charge in [0.15, 0.2) is 0 Å². The van der Waals surface area contributed by atoms with E-state index in [1.165, 1.54) is 16.9 Å². The summed E-state index contributed by atoms with van der Waals surface area (Å²) in [4.78, 5) is 21.9. The Labute approximate surface area is 109 Å². The first-order chi connectivity index (χ1) is 9.06. The highest BCUT2D eigenvalue weighted by atomic mass is 19.1. The highest BCUT2D eigenvalue weighted by Gasteiger charge is 2.09. The lowest BCUT2D eigenvalue weighted by Gasteiger charge is -2.06. The molecule has 7 nitrogen and oxygen atoms in total. The molecule has 0 radical (unpaired) electrons. The SMILES string of the molecule is CCNC(=O)c1ccn(C/C(=C\F)COC(N)=O)n1. The Morgan fingerprint density at radius 1 is 1.63 bits per heavy atom. The van der Waals surface area contributed by atoms with E-state index in [2.05, 4.69) is 15.2 Å². The molecule has 1 aromatic heterocycles. The number of ether oxygens (including phenoxy) is 1. The molecule has 2 amide bonds. The number of nitrogens with zero attached hydrogens (tertiary/aromatic N) is 2. The summed E-state index contributed by atoms with van der Waals surface area (Å²) in [6.45, 7) is 2.08. The third-order valence-electron chi connectivity index (χ3n) is 2.13. The molecule has 0 atom stereocenters. The Morgan fingerprint density at radius 3 is 2.95 bits per heavy atom. The Hall–Kier alpha value is -2.38. The van der Waals surface area contributed by atoms with Crippen LogP contribution in [0, 0.1) is 0 Å². The lowest BCUT2D eigenvalue weighted by molar-refractivity contribution is 0.0950. The molecule has 1 rings (SSSR count). The van der Waals surface area contributed by atoms with Gasteiger partial charge in [0, 0.05) is 18.3 Å². The molecule has 104 valence electrons. The second-order valence-electron chi connectivity index (χ2n) is 3.63. The molecule has 0 saturated heterocycles. The molecular formula is C11H15FN4O3. The van der Waals surface area contributed by atoms with Crippen LogP contribution >= 0.6 is 0 Å². The van der Waals surface area contributed by atoms with Gasteiger partial charge in [0.1, 0.15) is 12.3 Å². The third-order valence-corrected chi connectivity index (χ3v) is 2.13. The summed E-state index contributed by atoms with van der Waals surface area (Å²) < 4.78 is 18.4. The number of hydrogen-bond donors (Lipinski definition) is 2. The molecular weight excluding hydrogens is 255 g/mol. The number of halogens is 1. The van der Waals surface area contributed by atoms with Crippen molar-refractivity contribution in [3.8, 4) is 0 Å². The van der Waals surface area contributed by atoms with Crippen LogP contribution in [0.2, 0.25) is 0 Å². The van der Waals surface area contributed by atoms with Gasteiger partial charge in [0.2, 0.25) is 0 Å². The van der Waals surface area contributed by atoms with Crippen molar-refractivity contribution >= 4 is 12.0 Å². The Balaban J connectivity index is 2.61. The van der Waals surface area contributed by atoms with Gasteiger partial charge in [-0.2, -0.15) is 5.10 Å². The molecule has 1 heterocycles. The van der Waals surface area contributed by atoms with Crippen molar-refractivity contribution in [2.75, 3.05) is 13.2 Å². The maximum Gasteiger partial charge on any atom is 0.404 e. The molecule has 0 unspecified atom stereocenters. The highest BCUT2D eigenvalue weighted by Crippen LogP contribution is 2.03. The summed E-state index contributed by atoms with van der Waals surface area (Å²) in [5.74, 6) is -0.305. The van der Waals surface area contributed by atoms with Gasteiger partial charge in [0.25, 0.3) is 5.91 Å². The van der Waals surface area contributed by atoms with Crippen molar-refractivity contribution in [2.45, 2.75) is 13.5 Å². The zero-order chi connectivity index (χ0) is 14.3. The first-order valence-corrected chi connectivity index (χ1v) is 5.58. The van der Waals surface area contributed by atoms with Gasteiger partial charge in [-0.05, 0) is 13.0 Å². The Morgan fingerprint density at radius 2 is 2.37 bits per heavy atom. The minimum atomic E-state index is -0.983. The van der Waals surface area contributed by atoms with Crippen molar-refractivity contribution in [1.29, 1.82) is 0 Å². The zero-order valence-corrected chi connectivity index (χ0v) is 10.4. The Bertz CT molecular complexity index is 484. The van der Waals surface area contributed by atoms with E-state index in [1.54, 1.807) is 6.92 Å². The van der Waals surface area contributed by atoms with Crippen LogP contribution < -0.4 is 11.1 Å². The summed E-state index contributed by atoms with van der Waals surface area (Å²) in [5, 5.41) is 6.56. The fraction of sp³-hybridized carbons (Fsp3) is 0.364. The van der Waals surface area contributed by atoms with E-state index >= 15 is 0 Å². The summed E-state index contributed by atoms with van der Waals surface area (Å²) in [7, 11) is 0. The Kier molecular flexibility index (Phi) is 5.52. The average Bonchev–Trinajstić information content (AvgIpc) is 2.83. The lowest BCUT2D eigenvalue weighted by atomic mass is 10.3. The molecule has 8 heteroatoms. The number of nitrogens with one attached hydrogen (secondary N) is 1. The number of hydrogen-bond acceptors (Lipinski definition) is 4. The fourth-order valence-corrected chi connectivity index (χ4v) is 1.31. The van der Waals surface area contributed by atoms with E-state index in [4.69, 9.17) is 5.73 Å². The van der Waals surface area contributed by atoms with Crippen LogP contribution in [-0.2, 0) is 11.3 Å². The number of carbonyl (C=O) groups excluding carboxylic acids is 2. The molecule has 0 aliphatic heterocycles. The molecule has 0 saturated carbocycles. The lowest BCUT2D eigenvalue weighted by Crippen LogP contribution is -2.23. The molecule has 1 aromatic rings. The van der Waals surface area contributed by atoms with Gasteiger partial charge in [-0.15, -0.1) is 0 Å². The molecule has 0 fully saturated rings. The molecule has 0 aromatic carbocycles. The smallest absolute Gasteiger partial charge is 0.404 e. The molecule has 0 aliphatic rings. The van der Waals surface area contributed by atoms with Crippen LogP contribution in [0.3, 0.4) is 0 Å². The number of primary amides is 1. The monoisotopic (exact) mass is 270 g/mol. The first kappa shape index (κ1) is 14.7. The fourth-order valence-electron chi connectivity index (χ4n) is 1.31. The van der Waals surface area contributed by atoms with Gasteiger partial charge in [-0.25, -0.2) is 9.18 Å². The molecule has 3 N–H and O–H groups in total. The summed E-state index contributed by atoms with van der Waals surface area (Å²) in [6, 6.07) is 1.51. The topological polar surface area (TPSA) is 99.2 Å². The largest absolute Gasteiger partial charge is 0.445 e. The van der Waals surface area contributed by atoms with Crippen molar-refractivity contribution in [2.24, 2.45) is 5.73 Å². The number of nitrogens with two attached hydrogens (primary N) is 1. The highest BCUT2D eigenvalue weighted by molar-refractivity contribution is 5.92. The van der Waals surface area contributed by atoms with Crippen molar-refractivity contribution in [3.63, 3.8) is 0 Å². The summed E-state index contributed by atoms with van der Waals surface area (Å²) in [5.41, 5.74) is 5.18. The summed E-state index contributed by atoms with van der Waals surface area (Å²) in [6.07, 6.45) is 0.859. The van der Waals surface area contributed by atoms with Crippen LogP contribution in [-0.4, -0.2) is 34.9 Å². The van der Waals surface area contributed by atoms with Gasteiger partial charge < -0.3 is 15.8 Å². The van der Waals surface area contributed by atoms with Gasteiger partial charge in [-0.3, -0.25) is 9.48 Å². The molecule has 19 heavy (non-hydrogen) atoms. The van der Waals surface area contributed by atoms with Gasteiger partial charge in [0.05, 0.1) is 12.9 Å². The number of aromatic nitrogens is 2. The minimum absolute atomic E-state index is 0.0587. The van der Waals surface area contributed by atoms with Crippen LogP contribution in [0.1, 0.15) is 17.4 Å². The predicted molar refractivity (Wildman–Crippen MR) is 65.0 cm³/mol. The van der Waals surface area contributed by atoms with E-state index in [0.29, 0.717) is 12.9 Å². The molecule has 0 aliphatic carbocycles. The quantitative estimate of drug-likeness (QED) is 0.789. The van der Waals surface area contributed by atoms with E-state index < -0.39 is 6.09 Å². The minimum Gasteiger partial charge on any atom is -0.445 e. The second-order valence-corrected chi connectivity index (χ2v) is 3.63. The van der Waals surface area contributed by atoms with Crippen LogP contribution in [0.5, 0.6) is 0 Å². The maximum atomic E-state index is 12.6. The number of carbonyl (C=O) groups is 2. The third kappa shape index (κ3) is 4.78. The summed E-state index contributed by atoms with van der Waals surface area (Å²) >= 11 is 0. The van der Waals surface area contributed by atoms with Gasteiger partial charge in [-0.1, -0.05) is 0 Å².